The highest BCUT2D eigenvalue weighted by molar-refractivity contribution is 5.95. The van der Waals surface area contributed by atoms with Crippen LogP contribution in [0.5, 0.6) is 0 Å². The minimum absolute atomic E-state index is 0.0626. The summed E-state index contributed by atoms with van der Waals surface area (Å²) < 4.78 is 5.04. The average Bonchev–Trinajstić information content (AvgIpc) is 2.67. The van der Waals surface area contributed by atoms with Gasteiger partial charge in [0.2, 0.25) is 5.82 Å². The first-order valence-corrected chi connectivity index (χ1v) is 9.01. The fourth-order valence-corrected chi connectivity index (χ4v) is 2.73. The Balaban J connectivity index is 1.91. The van der Waals surface area contributed by atoms with Gasteiger partial charge in [0.05, 0.1) is 12.1 Å². The van der Waals surface area contributed by atoms with Crippen molar-refractivity contribution in [3.05, 3.63) is 59.9 Å². The lowest BCUT2D eigenvalue weighted by atomic mass is 10.1. The van der Waals surface area contributed by atoms with Crippen LogP contribution in [0.2, 0.25) is 0 Å². The predicted octanol–water partition coefficient (Wildman–Crippen LogP) is 4.89. The first-order valence-electron chi connectivity index (χ1n) is 9.01. The van der Waals surface area contributed by atoms with Crippen molar-refractivity contribution < 1.29 is 9.53 Å². The van der Waals surface area contributed by atoms with E-state index in [1.54, 1.807) is 6.92 Å². The number of unbranched alkanes of at least 4 members (excludes halogenated alkanes) is 1. The number of hydrogen-bond acceptors (Lipinski definition) is 5. The molecule has 0 spiro atoms. The molecule has 0 radical (unpaired) electrons. The number of nitrogens with zero attached hydrogens (tertiary/aromatic N) is 2. The standard InChI is InChI=1S/C21H23N3O2/c1-3-5-8-15-11-13-16(14-12-15)22-19-17-9-6-7-10-18(17)23-20(24-19)21(25)26-4-2/h6-7,9-14H,3-5,8H2,1-2H3,(H,22,23,24). The monoisotopic (exact) mass is 349 g/mol. The number of ether oxygens (including phenoxy) is 1. The van der Waals surface area contributed by atoms with Crippen LogP contribution in [0.25, 0.3) is 10.9 Å². The minimum atomic E-state index is -0.517. The van der Waals surface area contributed by atoms with Crippen molar-refractivity contribution in [1.82, 2.24) is 9.97 Å². The van der Waals surface area contributed by atoms with E-state index in [9.17, 15) is 4.79 Å². The van der Waals surface area contributed by atoms with Gasteiger partial charge in [0, 0.05) is 11.1 Å². The molecule has 2 aromatic carbocycles. The summed E-state index contributed by atoms with van der Waals surface area (Å²) in [6.07, 6.45) is 3.45. The molecule has 0 saturated heterocycles. The summed E-state index contributed by atoms with van der Waals surface area (Å²) >= 11 is 0. The summed E-state index contributed by atoms with van der Waals surface area (Å²) in [5, 5.41) is 4.17. The predicted molar refractivity (Wildman–Crippen MR) is 104 cm³/mol. The number of para-hydroxylation sites is 1. The van der Waals surface area contributed by atoms with Crippen LogP contribution in [-0.4, -0.2) is 22.5 Å². The molecule has 1 aromatic heterocycles. The molecule has 0 fully saturated rings. The van der Waals surface area contributed by atoms with Gasteiger partial charge in [-0.1, -0.05) is 37.6 Å². The number of fused-ring (bicyclic) bond motifs is 1. The fourth-order valence-electron chi connectivity index (χ4n) is 2.73. The van der Waals surface area contributed by atoms with Gasteiger partial charge in [0.15, 0.2) is 0 Å². The lowest BCUT2D eigenvalue weighted by Crippen LogP contribution is -2.11. The normalized spacial score (nSPS) is 10.7. The highest BCUT2D eigenvalue weighted by atomic mass is 16.5. The van der Waals surface area contributed by atoms with Crippen LogP contribution < -0.4 is 5.32 Å². The van der Waals surface area contributed by atoms with Gasteiger partial charge in [-0.15, -0.1) is 0 Å². The third kappa shape index (κ3) is 4.17. The number of hydrogen-bond donors (Lipinski definition) is 1. The Bertz CT molecular complexity index is 891. The second kappa shape index (κ2) is 8.43. The average molecular weight is 349 g/mol. The lowest BCUT2D eigenvalue weighted by molar-refractivity contribution is 0.0512. The van der Waals surface area contributed by atoms with Gasteiger partial charge in [0.1, 0.15) is 5.82 Å². The van der Waals surface area contributed by atoms with E-state index < -0.39 is 5.97 Å². The highest BCUT2D eigenvalue weighted by Crippen LogP contribution is 2.24. The highest BCUT2D eigenvalue weighted by Gasteiger charge is 2.15. The van der Waals surface area contributed by atoms with Crippen molar-refractivity contribution in [3.63, 3.8) is 0 Å². The minimum Gasteiger partial charge on any atom is -0.460 e. The number of aryl methyl sites for hydroxylation is 1. The largest absolute Gasteiger partial charge is 0.460 e. The molecule has 0 atom stereocenters. The van der Waals surface area contributed by atoms with E-state index in [0.29, 0.717) is 11.3 Å². The molecule has 0 amide bonds. The van der Waals surface area contributed by atoms with Crippen LogP contribution in [0.3, 0.4) is 0 Å². The molecule has 0 unspecified atom stereocenters. The van der Waals surface area contributed by atoms with E-state index in [4.69, 9.17) is 4.74 Å². The fraction of sp³-hybridized carbons (Fsp3) is 0.286. The Labute approximate surface area is 153 Å². The molecule has 0 aliphatic rings. The zero-order valence-electron chi connectivity index (χ0n) is 15.2. The van der Waals surface area contributed by atoms with E-state index >= 15 is 0 Å². The molecule has 0 bridgehead atoms. The lowest BCUT2D eigenvalue weighted by Gasteiger charge is -2.11. The molecule has 5 nitrogen and oxygen atoms in total. The Morgan fingerprint density at radius 3 is 2.54 bits per heavy atom. The van der Waals surface area contributed by atoms with E-state index in [2.05, 4.69) is 34.3 Å². The topological polar surface area (TPSA) is 64.1 Å². The molecule has 26 heavy (non-hydrogen) atoms. The smallest absolute Gasteiger partial charge is 0.376 e. The number of rotatable bonds is 7. The number of benzene rings is 2. The van der Waals surface area contributed by atoms with E-state index in [0.717, 1.165) is 17.5 Å². The second-order valence-electron chi connectivity index (χ2n) is 6.06. The number of carbonyl (C=O) groups is 1. The molecular weight excluding hydrogens is 326 g/mol. The molecule has 3 aromatic rings. The Morgan fingerprint density at radius 1 is 1.04 bits per heavy atom. The summed E-state index contributed by atoms with van der Waals surface area (Å²) in [5.41, 5.74) is 2.94. The molecule has 0 saturated carbocycles. The van der Waals surface area contributed by atoms with E-state index in [-0.39, 0.29) is 12.4 Å². The third-order valence-corrected chi connectivity index (χ3v) is 4.10. The first kappa shape index (κ1) is 17.9. The quantitative estimate of drug-likeness (QED) is 0.615. The Hall–Kier alpha value is -2.95. The number of anilines is 2. The van der Waals surface area contributed by atoms with E-state index in [1.807, 2.05) is 36.4 Å². The van der Waals surface area contributed by atoms with Gasteiger partial charge >= 0.3 is 5.97 Å². The van der Waals surface area contributed by atoms with Crippen molar-refractivity contribution in [1.29, 1.82) is 0 Å². The van der Waals surface area contributed by atoms with Crippen molar-refractivity contribution >= 4 is 28.4 Å². The second-order valence-corrected chi connectivity index (χ2v) is 6.06. The van der Waals surface area contributed by atoms with Crippen molar-refractivity contribution in [2.45, 2.75) is 33.1 Å². The Morgan fingerprint density at radius 2 is 1.81 bits per heavy atom. The maximum absolute atomic E-state index is 12.1. The molecule has 1 heterocycles. The maximum Gasteiger partial charge on any atom is 0.376 e. The molecule has 0 aliphatic heterocycles. The van der Waals surface area contributed by atoms with E-state index in [1.165, 1.54) is 18.4 Å². The van der Waals surface area contributed by atoms with Gasteiger partial charge in [0.25, 0.3) is 0 Å². The van der Waals surface area contributed by atoms with Crippen molar-refractivity contribution in [3.8, 4) is 0 Å². The van der Waals surface area contributed by atoms with Crippen LogP contribution in [-0.2, 0) is 11.2 Å². The molecule has 1 N–H and O–H groups in total. The maximum atomic E-state index is 12.1. The van der Waals surface area contributed by atoms with Crippen LogP contribution >= 0.6 is 0 Å². The van der Waals surface area contributed by atoms with Gasteiger partial charge < -0.3 is 10.1 Å². The number of aromatic nitrogens is 2. The Kier molecular flexibility index (Phi) is 5.79. The van der Waals surface area contributed by atoms with Crippen molar-refractivity contribution in [2.75, 3.05) is 11.9 Å². The summed E-state index contributed by atoms with van der Waals surface area (Å²) in [6.45, 7) is 4.24. The first-order chi connectivity index (χ1) is 12.7. The zero-order valence-corrected chi connectivity index (χ0v) is 15.2. The molecule has 134 valence electrons. The van der Waals surface area contributed by atoms with Crippen LogP contribution in [0.1, 0.15) is 42.9 Å². The molecule has 0 aliphatic carbocycles. The summed E-state index contributed by atoms with van der Waals surface area (Å²) in [6, 6.07) is 15.9. The zero-order chi connectivity index (χ0) is 18.4. The number of esters is 1. The van der Waals surface area contributed by atoms with Crippen LogP contribution in [0.15, 0.2) is 48.5 Å². The summed E-state index contributed by atoms with van der Waals surface area (Å²) in [5.74, 6) is 0.142. The van der Waals surface area contributed by atoms with Crippen molar-refractivity contribution in [2.24, 2.45) is 0 Å². The van der Waals surface area contributed by atoms with Gasteiger partial charge in [-0.3, -0.25) is 0 Å². The van der Waals surface area contributed by atoms with Gasteiger partial charge in [-0.05, 0) is 49.6 Å². The molecule has 5 heteroatoms. The molecular formula is C21H23N3O2. The van der Waals surface area contributed by atoms with Crippen LogP contribution in [0, 0.1) is 0 Å². The van der Waals surface area contributed by atoms with Gasteiger partial charge in [-0.25, -0.2) is 14.8 Å². The summed E-state index contributed by atoms with van der Waals surface area (Å²) in [4.78, 5) is 20.8. The van der Waals surface area contributed by atoms with Gasteiger partial charge in [-0.2, -0.15) is 0 Å². The van der Waals surface area contributed by atoms with Crippen LogP contribution in [0.4, 0.5) is 11.5 Å². The number of nitrogens with one attached hydrogen (secondary N) is 1. The molecule has 3 rings (SSSR count). The summed E-state index contributed by atoms with van der Waals surface area (Å²) in [7, 11) is 0. The number of carbonyl (C=O) groups excluding carboxylic acids is 1. The third-order valence-electron chi connectivity index (χ3n) is 4.10. The SMILES string of the molecule is CCCCc1ccc(Nc2nc(C(=O)OCC)nc3ccccc23)cc1.